The molecule has 1 aliphatic carbocycles. The van der Waals surface area contributed by atoms with Crippen LogP contribution in [0.4, 0.5) is 0 Å². The third kappa shape index (κ3) is 4.26. The molecule has 0 bridgehead atoms. The number of aromatic nitrogens is 2. The molecule has 1 heterocycles. The van der Waals surface area contributed by atoms with E-state index in [0.29, 0.717) is 17.4 Å². The highest BCUT2D eigenvalue weighted by molar-refractivity contribution is 5.77. The minimum Gasteiger partial charge on any atom is -0.356 e. The molecular formula is C19H23N3O3. The van der Waals surface area contributed by atoms with Crippen LogP contribution in [0.5, 0.6) is 0 Å². The lowest BCUT2D eigenvalue weighted by atomic mass is 9.97. The smallest absolute Gasteiger partial charge is 0.328 e. The highest BCUT2D eigenvalue weighted by atomic mass is 16.2. The number of hydrogen-bond acceptors (Lipinski definition) is 3. The predicted molar refractivity (Wildman–Crippen MR) is 97.6 cm³/mol. The van der Waals surface area contributed by atoms with Gasteiger partial charge in [0.1, 0.15) is 0 Å². The second-order valence-electron chi connectivity index (χ2n) is 6.39. The summed E-state index contributed by atoms with van der Waals surface area (Å²) >= 11 is 0. The minimum absolute atomic E-state index is 0.0769. The first kappa shape index (κ1) is 17.2. The van der Waals surface area contributed by atoms with E-state index in [0.717, 1.165) is 23.8 Å². The van der Waals surface area contributed by atoms with Crippen molar-refractivity contribution >= 4 is 16.8 Å². The van der Waals surface area contributed by atoms with Crippen molar-refractivity contribution in [3.05, 3.63) is 56.8 Å². The molecule has 2 N–H and O–H groups in total. The molecule has 0 saturated heterocycles. The van der Waals surface area contributed by atoms with Gasteiger partial charge in [-0.3, -0.25) is 14.2 Å². The third-order valence-electron chi connectivity index (χ3n) is 4.61. The molecule has 0 aliphatic heterocycles. The summed E-state index contributed by atoms with van der Waals surface area (Å²) in [5.41, 5.74) is 1.08. The van der Waals surface area contributed by atoms with Gasteiger partial charge in [-0.05, 0) is 44.2 Å². The molecule has 0 fully saturated rings. The van der Waals surface area contributed by atoms with Crippen molar-refractivity contribution in [3.63, 3.8) is 0 Å². The number of benzene rings is 1. The van der Waals surface area contributed by atoms with Crippen LogP contribution >= 0.6 is 0 Å². The summed E-state index contributed by atoms with van der Waals surface area (Å²) in [6.07, 6.45) is 8.00. The summed E-state index contributed by atoms with van der Waals surface area (Å²) in [5, 5.41) is 3.32. The summed E-state index contributed by atoms with van der Waals surface area (Å²) in [6.45, 7) is 0.682. The Hall–Kier alpha value is -2.63. The van der Waals surface area contributed by atoms with Crippen LogP contribution < -0.4 is 16.6 Å². The van der Waals surface area contributed by atoms with Gasteiger partial charge in [0, 0.05) is 19.5 Å². The molecule has 6 nitrogen and oxygen atoms in total. The van der Waals surface area contributed by atoms with Crippen molar-refractivity contribution < 1.29 is 4.79 Å². The van der Waals surface area contributed by atoms with Crippen molar-refractivity contribution in [2.45, 2.75) is 45.1 Å². The average molecular weight is 341 g/mol. The van der Waals surface area contributed by atoms with Gasteiger partial charge in [0.2, 0.25) is 5.91 Å². The monoisotopic (exact) mass is 341 g/mol. The zero-order valence-electron chi connectivity index (χ0n) is 14.2. The number of allylic oxidation sites excluding steroid dienone is 1. The Morgan fingerprint density at radius 1 is 1.20 bits per heavy atom. The van der Waals surface area contributed by atoms with Crippen molar-refractivity contribution in [1.29, 1.82) is 0 Å². The fourth-order valence-corrected chi connectivity index (χ4v) is 3.20. The van der Waals surface area contributed by atoms with E-state index in [1.165, 1.54) is 18.4 Å². The van der Waals surface area contributed by atoms with Gasteiger partial charge in [-0.1, -0.05) is 23.8 Å². The molecule has 0 radical (unpaired) electrons. The molecule has 1 aromatic heterocycles. The fourth-order valence-electron chi connectivity index (χ4n) is 3.20. The Morgan fingerprint density at radius 2 is 2.04 bits per heavy atom. The van der Waals surface area contributed by atoms with Gasteiger partial charge in [0.15, 0.2) is 0 Å². The van der Waals surface area contributed by atoms with Gasteiger partial charge in [-0.25, -0.2) is 4.79 Å². The lowest BCUT2D eigenvalue weighted by molar-refractivity contribution is -0.121. The summed E-state index contributed by atoms with van der Waals surface area (Å²) in [5.74, 6) is -0.143. The van der Waals surface area contributed by atoms with E-state index in [1.807, 2.05) is 0 Å². The molecule has 0 unspecified atom stereocenters. The number of rotatable bonds is 6. The van der Waals surface area contributed by atoms with E-state index in [2.05, 4.69) is 16.4 Å². The Morgan fingerprint density at radius 3 is 2.84 bits per heavy atom. The van der Waals surface area contributed by atoms with Crippen LogP contribution in [0.2, 0.25) is 0 Å². The molecule has 0 atom stereocenters. The summed E-state index contributed by atoms with van der Waals surface area (Å²) in [7, 11) is 0. The number of para-hydroxylation sites is 1. The molecule has 1 aromatic carbocycles. The van der Waals surface area contributed by atoms with Crippen molar-refractivity contribution in [2.24, 2.45) is 0 Å². The SMILES string of the molecule is O=C(CCn1c(=O)[nH]c2ccccc2c1=O)NCCC1=CCCCC1. The Balaban J connectivity index is 1.57. The molecule has 25 heavy (non-hydrogen) atoms. The number of fused-ring (bicyclic) bond motifs is 1. The number of carbonyl (C=O) groups excluding carboxylic acids is 1. The quantitative estimate of drug-likeness (QED) is 0.789. The highest BCUT2D eigenvalue weighted by Crippen LogP contribution is 2.19. The van der Waals surface area contributed by atoms with Gasteiger partial charge < -0.3 is 10.3 Å². The molecule has 2 aromatic rings. The van der Waals surface area contributed by atoms with Crippen LogP contribution in [-0.4, -0.2) is 22.0 Å². The molecule has 6 heteroatoms. The number of carbonyl (C=O) groups is 1. The number of amides is 1. The van der Waals surface area contributed by atoms with E-state index in [9.17, 15) is 14.4 Å². The first-order chi connectivity index (χ1) is 12.1. The molecule has 0 spiro atoms. The number of hydrogen-bond donors (Lipinski definition) is 2. The lowest BCUT2D eigenvalue weighted by Crippen LogP contribution is -2.37. The first-order valence-electron chi connectivity index (χ1n) is 8.81. The lowest BCUT2D eigenvalue weighted by Gasteiger charge is -2.13. The van der Waals surface area contributed by atoms with Gasteiger partial charge in [-0.15, -0.1) is 0 Å². The zero-order chi connectivity index (χ0) is 17.6. The van der Waals surface area contributed by atoms with Crippen LogP contribution in [-0.2, 0) is 11.3 Å². The summed E-state index contributed by atoms with van der Waals surface area (Å²) in [6, 6.07) is 6.87. The van der Waals surface area contributed by atoms with Crippen LogP contribution in [0.3, 0.4) is 0 Å². The zero-order valence-corrected chi connectivity index (χ0v) is 14.2. The number of aromatic amines is 1. The second kappa shape index (κ2) is 7.96. The maximum absolute atomic E-state index is 12.4. The Labute approximate surface area is 145 Å². The van der Waals surface area contributed by atoms with Crippen LogP contribution in [0.15, 0.2) is 45.5 Å². The standard InChI is InChI=1S/C19H23N3O3/c23-17(20-12-10-14-6-2-1-3-7-14)11-13-22-18(24)15-8-4-5-9-16(15)21-19(22)25/h4-6,8-9H,1-3,7,10-13H2,(H,20,23)(H,21,25). The largest absolute Gasteiger partial charge is 0.356 e. The van der Waals surface area contributed by atoms with E-state index in [1.54, 1.807) is 24.3 Å². The van der Waals surface area contributed by atoms with Crippen molar-refractivity contribution in [1.82, 2.24) is 14.9 Å². The fraction of sp³-hybridized carbons (Fsp3) is 0.421. The second-order valence-corrected chi connectivity index (χ2v) is 6.39. The van der Waals surface area contributed by atoms with E-state index >= 15 is 0 Å². The first-order valence-corrected chi connectivity index (χ1v) is 8.81. The topological polar surface area (TPSA) is 84.0 Å². The predicted octanol–water partition coefficient (Wildman–Crippen LogP) is 2.09. The summed E-state index contributed by atoms with van der Waals surface area (Å²) in [4.78, 5) is 39.1. The minimum atomic E-state index is -0.483. The number of H-pyrrole nitrogens is 1. The van der Waals surface area contributed by atoms with Crippen LogP contribution in [0.1, 0.15) is 38.5 Å². The summed E-state index contributed by atoms with van der Waals surface area (Å²) < 4.78 is 1.09. The van der Waals surface area contributed by atoms with Crippen LogP contribution in [0.25, 0.3) is 10.9 Å². The van der Waals surface area contributed by atoms with Gasteiger partial charge in [0.25, 0.3) is 5.56 Å². The maximum Gasteiger partial charge on any atom is 0.328 e. The molecule has 132 valence electrons. The molecule has 1 aliphatic rings. The number of nitrogens with one attached hydrogen (secondary N) is 2. The average Bonchev–Trinajstić information content (AvgIpc) is 2.62. The van der Waals surface area contributed by atoms with Crippen LogP contribution in [0, 0.1) is 0 Å². The highest BCUT2D eigenvalue weighted by Gasteiger charge is 2.10. The van der Waals surface area contributed by atoms with E-state index in [4.69, 9.17) is 0 Å². The van der Waals surface area contributed by atoms with E-state index in [-0.39, 0.29) is 24.4 Å². The van der Waals surface area contributed by atoms with E-state index < -0.39 is 5.69 Å². The Bertz CT molecular complexity index is 908. The van der Waals surface area contributed by atoms with Crippen molar-refractivity contribution in [3.8, 4) is 0 Å². The third-order valence-corrected chi connectivity index (χ3v) is 4.61. The normalized spacial score (nSPS) is 14.3. The molecule has 0 saturated carbocycles. The van der Waals surface area contributed by atoms with Gasteiger partial charge in [-0.2, -0.15) is 0 Å². The molecule has 1 amide bonds. The maximum atomic E-state index is 12.4. The molecular weight excluding hydrogens is 318 g/mol. The Kier molecular flexibility index (Phi) is 5.48. The molecule has 3 rings (SSSR count). The van der Waals surface area contributed by atoms with Gasteiger partial charge >= 0.3 is 5.69 Å². The number of nitrogens with zero attached hydrogens (tertiary/aromatic N) is 1. The van der Waals surface area contributed by atoms with Gasteiger partial charge in [0.05, 0.1) is 10.9 Å². The van der Waals surface area contributed by atoms with Crippen molar-refractivity contribution in [2.75, 3.05) is 6.54 Å².